The summed E-state index contributed by atoms with van der Waals surface area (Å²) < 4.78 is 51.4. The van der Waals surface area contributed by atoms with E-state index in [4.69, 9.17) is 5.73 Å². The number of hydrogen-bond acceptors (Lipinski definition) is 2. The van der Waals surface area contributed by atoms with Crippen LogP contribution in [-0.2, 0) is 28.6 Å². The van der Waals surface area contributed by atoms with Crippen molar-refractivity contribution in [1.29, 1.82) is 0 Å². The Morgan fingerprint density at radius 3 is 2.31 bits per heavy atom. The molecule has 0 saturated heterocycles. The second-order valence-electron chi connectivity index (χ2n) is 5.73. The molecule has 2 aromatic carbocycles. The molecule has 0 radical (unpaired) electrons. The minimum Gasteiger partial charge on any atom is -0.368 e. The van der Waals surface area contributed by atoms with Crippen LogP contribution in [0.1, 0.15) is 16.7 Å². The maximum absolute atomic E-state index is 13.1. The van der Waals surface area contributed by atoms with Crippen LogP contribution < -0.4 is 11.1 Å². The summed E-state index contributed by atoms with van der Waals surface area (Å²) >= 11 is 0. The van der Waals surface area contributed by atoms with E-state index in [0.29, 0.717) is 5.56 Å². The average Bonchev–Trinajstić information content (AvgIpc) is 2.53. The molecule has 0 aliphatic carbocycles. The van der Waals surface area contributed by atoms with Gasteiger partial charge in [0.05, 0.1) is 12.0 Å². The fraction of sp³-hybridized carbons (Fsp3) is 0.222. The van der Waals surface area contributed by atoms with Crippen LogP contribution in [0.4, 0.5) is 17.6 Å². The quantitative estimate of drug-likeness (QED) is 0.770. The van der Waals surface area contributed by atoms with E-state index >= 15 is 0 Å². The van der Waals surface area contributed by atoms with Gasteiger partial charge in [-0.15, -0.1) is 0 Å². The van der Waals surface area contributed by atoms with Gasteiger partial charge in [-0.2, -0.15) is 13.2 Å². The minimum atomic E-state index is -4.52. The van der Waals surface area contributed by atoms with Gasteiger partial charge < -0.3 is 11.1 Å². The van der Waals surface area contributed by atoms with Gasteiger partial charge in [0.2, 0.25) is 11.8 Å². The molecule has 2 amide bonds. The highest BCUT2D eigenvalue weighted by atomic mass is 19.4. The van der Waals surface area contributed by atoms with E-state index in [0.717, 1.165) is 12.1 Å². The Labute approximate surface area is 147 Å². The number of hydrogen-bond donors (Lipinski definition) is 2. The Balaban J connectivity index is 2.07. The fourth-order valence-corrected chi connectivity index (χ4v) is 2.41. The van der Waals surface area contributed by atoms with Crippen molar-refractivity contribution >= 4 is 11.8 Å². The molecular weight excluding hydrogens is 352 g/mol. The standard InChI is InChI=1S/C18H16F4N2O2/c19-14-6-2-4-12(8-14)10-16(25)24-15(17(23)26)9-11-3-1-5-13(7-11)18(20,21)22/h1-8,15H,9-10H2,(H2,23,26)(H,24,25)/t15-/m1/s1. The number of carbonyl (C=O) groups excluding carboxylic acids is 2. The molecule has 26 heavy (non-hydrogen) atoms. The van der Waals surface area contributed by atoms with E-state index in [1.54, 1.807) is 0 Å². The van der Waals surface area contributed by atoms with Gasteiger partial charge in [-0.1, -0.05) is 30.3 Å². The summed E-state index contributed by atoms with van der Waals surface area (Å²) in [6.45, 7) is 0. The Morgan fingerprint density at radius 2 is 1.69 bits per heavy atom. The zero-order chi connectivity index (χ0) is 19.3. The van der Waals surface area contributed by atoms with Crippen LogP contribution in [-0.4, -0.2) is 17.9 Å². The van der Waals surface area contributed by atoms with Crippen molar-refractivity contribution in [2.24, 2.45) is 5.73 Å². The van der Waals surface area contributed by atoms with Crippen LogP contribution in [0.25, 0.3) is 0 Å². The maximum atomic E-state index is 13.1. The molecule has 2 rings (SSSR count). The number of primary amides is 1. The van der Waals surface area contributed by atoms with Crippen molar-refractivity contribution in [2.75, 3.05) is 0 Å². The molecule has 2 aromatic rings. The molecule has 3 N–H and O–H groups in total. The van der Waals surface area contributed by atoms with E-state index in [1.165, 1.54) is 36.4 Å². The van der Waals surface area contributed by atoms with E-state index < -0.39 is 35.4 Å². The summed E-state index contributed by atoms with van der Waals surface area (Å²) in [4.78, 5) is 23.6. The predicted molar refractivity (Wildman–Crippen MR) is 86.4 cm³/mol. The number of amides is 2. The third-order valence-corrected chi connectivity index (χ3v) is 3.63. The number of benzene rings is 2. The third kappa shape index (κ3) is 5.58. The average molecular weight is 368 g/mol. The van der Waals surface area contributed by atoms with Gasteiger partial charge in [0, 0.05) is 6.42 Å². The molecule has 138 valence electrons. The molecule has 0 bridgehead atoms. The van der Waals surface area contributed by atoms with Gasteiger partial charge in [-0.05, 0) is 29.3 Å². The summed E-state index contributed by atoms with van der Waals surface area (Å²) in [6, 6.07) is 8.61. The number of carbonyl (C=O) groups is 2. The highest BCUT2D eigenvalue weighted by Crippen LogP contribution is 2.29. The lowest BCUT2D eigenvalue weighted by atomic mass is 10.0. The smallest absolute Gasteiger partial charge is 0.368 e. The molecule has 0 heterocycles. The van der Waals surface area contributed by atoms with E-state index in [-0.39, 0.29) is 18.4 Å². The zero-order valence-corrected chi connectivity index (χ0v) is 13.5. The fourth-order valence-electron chi connectivity index (χ4n) is 2.41. The van der Waals surface area contributed by atoms with Crippen molar-refractivity contribution < 1.29 is 27.2 Å². The van der Waals surface area contributed by atoms with E-state index in [2.05, 4.69) is 5.32 Å². The highest BCUT2D eigenvalue weighted by molar-refractivity contribution is 5.87. The van der Waals surface area contributed by atoms with Crippen molar-refractivity contribution in [1.82, 2.24) is 5.32 Å². The molecule has 4 nitrogen and oxygen atoms in total. The number of alkyl halides is 3. The first-order valence-electron chi connectivity index (χ1n) is 7.64. The van der Waals surface area contributed by atoms with Gasteiger partial charge in [0.25, 0.3) is 0 Å². The molecule has 0 aromatic heterocycles. The van der Waals surface area contributed by atoms with Gasteiger partial charge in [0.15, 0.2) is 0 Å². The normalized spacial score (nSPS) is 12.5. The van der Waals surface area contributed by atoms with Crippen LogP contribution in [0.3, 0.4) is 0 Å². The van der Waals surface area contributed by atoms with E-state index in [9.17, 15) is 27.2 Å². The van der Waals surface area contributed by atoms with Gasteiger partial charge in [-0.3, -0.25) is 9.59 Å². The van der Waals surface area contributed by atoms with Crippen molar-refractivity contribution in [3.63, 3.8) is 0 Å². The van der Waals surface area contributed by atoms with E-state index in [1.807, 2.05) is 0 Å². The van der Waals surface area contributed by atoms with Gasteiger partial charge in [-0.25, -0.2) is 4.39 Å². The van der Waals surface area contributed by atoms with Gasteiger partial charge in [0.1, 0.15) is 11.9 Å². The van der Waals surface area contributed by atoms with Crippen LogP contribution in [0.5, 0.6) is 0 Å². The lowest BCUT2D eigenvalue weighted by Crippen LogP contribution is -2.46. The lowest BCUT2D eigenvalue weighted by Gasteiger charge is -2.16. The number of halogens is 4. The summed E-state index contributed by atoms with van der Waals surface area (Å²) in [5.74, 6) is -1.98. The number of rotatable bonds is 6. The molecule has 8 heteroatoms. The molecule has 0 aliphatic rings. The predicted octanol–water partition coefficient (Wildman–Crippen LogP) is 2.60. The van der Waals surface area contributed by atoms with Crippen LogP contribution >= 0.6 is 0 Å². The lowest BCUT2D eigenvalue weighted by molar-refractivity contribution is -0.137. The first kappa shape index (κ1) is 19.4. The van der Waals surface area contributed by atoms with Crippen LogP contribution in [0.2, 0.25) is 0 Å². The molecule has 0 aliphatic heterocycles. The second kappa shape index (κ2) is 7.99. The first-order chi connectivity index (χ1) is 12.1. The van der Waals surface area contributed by atoms with Crippen LogP contribution in [0.15, 0.2) is 48.5 Å². The zero-order valence-electron chi connectivity index (χ0n) is 13.5. The minimum absolute atomic E-state index is 0.186. The topological polar surface area (TPSA) is 72.2 Å². The van der Waals surface area contributed by atoms with Crippen molar-refractivity contribution in [2.45, 2.75) is 25.1 Å². The highest BCUT2D eigenvalue weighted by Gasteiger charge is 2.30. The first-order valence-corrected chi connectivity index (χ1v) is 7.64. The maximum Gasteiger partial charge on any atom is 0.416 e. The molecule has 0 unspecified atom stereocenters. The molecular formula is C18H16F4N2O2. The van der Waals surface area contributed by atoms with Crippen LogP contribution in [0, 0.1) is 5.82 Å². The summed E-state index contributed by atoms with van der Waals surface area (Å²) in [5.41, 5.74) is 4.98. The Bertz CT molecular complexity index is 806. The van der Waals surface area contributed by atoms with Crippen molar-refractivity contribution in [3.8, 4) is 0 Å². The Kier molecular flexibility index (Phi) is 5.97. The largest absolute Gasteiger partial charge is 0.416 e. The molecule has 0 fully saturated rings. The van der Waals surface area contributed by atoms with Crippen molar-refractivity contribution in [3.05, 3.63) is 71.0 Å². The third-order valence-electron chi connectivity index (χ3n) is 3.63. The molecule has 0 spiro atoms. The number of nitrogens with two attached hydrogens (primary N) is 1. The Morgan fingerprint density at radius 1 is 1.04 bits per heavy atom. The SMILES string of the molecule is NC(=O)[C@@H](Cc1cccc(C(F)(F)F)c1)NC(=O)Cc1cccc(F)c1. The molecule has 1 atom stereocenters. The Hall–Kier alpha value is -2.90. The van der Waals surface area contributed by atoms with Gasteiger partial charge >= 0.3 is 6.18 Å². The monoisotopic (exact) mass is 368 g/mol. The summed E-state index contributed by atoms with van der Waals surface area (Å²) in [6.07, 6.45) is -4.89. The number of nitrogens with one attached hydrogen (secondary N) is 1. The molecule has 0 saturated carbocycles. The summed E-state index contributed by atoms with van der Waals surface area (Å²) in [5, 5.41) is 2.37. The second-order valence-corrected chi connectivity index (χ2v) is 5.73. The summed E-state index contributed by atoms with van der Waals surface area (Å²) in [7, 11) is 0.